The zero-order valence-corrected chi connectivity index (χ0v) is 12.0. The van der Waals surface area contributed by atoms with Crippen molar-refractivity contribution >= 4 is 11.7 Å². The van der Waals surface area contributed by atoms with Crippen LogP contribution < -0.4 is 10.6 Å². The molecular weight excluding hydrogens is 250 g/mol. The summed E-state index contributed by atoms with van der Waals surface area (Å²) in [5.41, 5.74) is 1.29. The molecule has 1 fully saturated rings. The van der Waals surface area contributed by atoms with Crippen molar-refractivity contribution in [3.05, 3.63) is 29.8 Å². The number of benzene rings is 1. The number of carbonyl (C=O) groups excluding carboxylic acids is 1. The van der Waals surface area contributed by atoms with Gasteiger partial charge in [-0.05, 0) is 48.9 Å². The summed E-state index contributed by atoms with van der Waals surface area (Å²) >= 11 is 0. The molecule has 1 aliphatic carbocycles. The minimum Gasteiger partial charge on any atom is -0.335 e. The highest BCUT2D eigenvalue weighted by atomic mass is 16.2. The number of hydrogen-bond donors (Lipinski definition) is 2. The maximum Gasteiger partial charge on any atom is 0.319 e. The lowest BCUT2D eigenvalue weighted by atomic mass is 9.79. The van der Waals surface area contributed by atoms with Crippen LogP contribution in [0.2, 0.25) is 0 Å². The van der Waals surface area contributed by atoms with Crippen molar-refractivity contribution in [1.82, 2.24) is 5.32 Å². The molecule has 106 valence electrons. The summed E-state index contributed by atoms with van der Waals surface area (Å²) in [5.74, 6) is 1.04. The monoisotopic (exact) mass is 271 g/mol. The molecule has 0 aliphatic heterocycles. The van der Waals surface area contributed by atoms with Crippen molar-refractivity contribution in [1.29, 1.82) is 5.26 Å². The highest BCUT2D eigenvalue weighted by Gasteiger charge is 2.28. The van der Waals surface area contributed by atoms with E-state index in [1.807, 2.05) is 0 Å². The van der Waals surface area contributed by atoms with Gasteiger partial charge in [0.2, 0.25) is 0 Å². The number of nitrogens with one attached hydrogen (secondary N) is 2. The normalized spacial score (nSPS) is 25.6. The molecule has 0 spiro atoms. The molecule has 4 nitrogen and oxygen atoms in total. The molecule has 2 N–H and O–H groups in total. The summed E-state index contributed by atoms with van der Waals surface area (Å²) in [6, 6.07) is 9.00. The van der Waals surface area contributed by atoms with E-state index in [0.717, 1.165) is 0 Å². The fourth-order valence-electron chi connectivity index (χ4n) is 2.91. The third-order valence-corrected chi connectivity index (χ3v) is 4.11. The first-order valence-corrected chi connectivity index (χ1v) is 7.18. The van der Waals surface area contributed by atoms with Crippen LogP contribution in [-0.4, -0.2) is 12.1 Å². The molecule has 0 saturated heterocycles. The fraction of sp³-hybridized carbons (Fsp3) is 0.500. The summed E-state index contributed by atoms with van der Waals surface area (Å²) in [6.07, 6.45) is 3.59. The topological polar surface area (TPSA) is 64.9 Å². The molecule has 2 atom stereocenters. The predicted octanol–water partition coefficient (Wildman–Crippen LogP) is 3.50. The quantitative estimate of drug-likeness (QED) is 0.864. The first-order chi connectivity index (χ1) is 9.60. The Morgan fingerprint density at radius 2 is 1.80 bits per heavy atom. The number of amides is 2. The van der Waals surface area contributed by atoms with Crippen LogP contribution in [0.3, 0.4) is 0 Å². The molecule has 1 aromatic carbocycles. The van der Waals surface area contributed by atoms with Crippen molar-refractivity contribution in [3.8, 4) is 6.07 Å². The van der Waals surface area contributed by atoms with Crippen molar-refractivity contribution in [2.75, 3.05) is 5.32 Å². The molecular formula is C16H21N3O. The largest absolute Gasteiger partial charge is 0.335 e. The Balaban J connectivity index is 1.92. The minimum atomic E-state index is -0.166. The minimum absolute atomic E-state index is 0.166. The average Bonchev–Trinajstić information content (AvgIpc) is 2.44. The number of carbonyl (C=O) groups is 1. The summed E-state index contributed by atoms with van der Waals surface area (Å²) < 4.78 is 0. The third kappa shape index (κ3) is 3.51. The maximum absolute atomic E-state index is 12.0. The lowest BCUT2D eigenvalue weighted by Crippen LogP contribution is -2.47. The van der Waals surface area contributed by atoms with Crippen molar-refractivity contribution in [2.45, 2.75) is 39.2 Å². The van der Waals surface area contributed by atoms with E-state index in [-0.39, 0.29) is 12.1 Å². The van der Waals surface area contributed by atoms with E-state index < -0.39 is 0 Å². The van der Waals surface area contributed by atoms with Crippen LogP contribution in [0.5, 0.6) is 0 Å². The number of urea groups is 1. The molecule has 1 aliphatic rings. The molecule has 0 heterocycles. The predicted molar refractivity (Wildman–Crippen MR) is 79.3 cm³/mol. The highest BCUT2D eigenvalue weighted by molar-refractivity contribution is 5.89. The van der Waals surface area contributed by atoms with Crippen molar-refractivity contribution in [2.24, 2.45) is 11.8 Å². The molecule has 20 heavy (non-hydrogen) atoms. The molecule has 4 heteroatoms. The number of nitrogens with zero attached hydrogens (tertiary/aromatic N) is 1. The Bertz CT molecular complexity index is 493. The van der Waals surface area contributed by atoms with E-state index in [2.05, 4.69) is 30.6 Å². The van der Waals surface area contributed by atoms with Gasteiger partial charge in [-0.15, -0.1) is 0 Å². The second-order valence-corrected chi connectivity index (χ2v) is 5.70. The molecule has 1 saturated carbocycles. The van der Waals surface area contributed by atoms with E-state index >= 15 is 0 Å². The Morgan fingerprint density at radius 3 is 2.35 bits per heavy atom. The third-order valence-electron chi connectivity index (χ3n) is 4.11. The summed E-state index contributed by atoms with van der Waals surface area (Å²) in [5, 5.41) is 14.6. The number of rotatable bonds is 2. The van der Waals surface area contributed by atoms with Gasteiger partial charge in [0.15, 0.2) is 0 Å². The van der Waals surface area contributed by atoms with Crippen LogP contribution in [0, 0.1) is 23.2 Å². The van der Waals surface area contributed by atoms with Gasteiger partial charge in [0.1, 0.15) is 0 Å². The SMILES string of the molecule is CC1CCCC(C)C1NC(=O)Nc1ccc(C#N)cc1. The van der Waals surface area contributed by atoms with Gasteiger partial charge in [0.05, 0.1) is 11.6 Å². The van der Waals surface area contributed by atoms with Gasteiger partial charge in [-0.1, -0.05) is 20.3 Å². The van der Waals surface area contributed by atoms with E-state index in [1.54, 1.807) is 24.3 Å². The Morgan fingerprint density at radius 1 is 1.20 bits per heavy atom. The van der Waals surface area contributed by atoms with E-state index in [1.165, 1.54) is 19.3 Å². The van der Waals surface area contributed by atoms with Gasteiger partial charge in [-0.3, -0.25) is 0 Å². The van der Waals surface area contributed by atoms with Crippen LogP contribution in [0.25, 0.3) is 0 Å². The molecule has 2 amide bonds. The van der Waals surface area contributed by atoms with E-state index in [4.69, 9.17) is 5.26 Å². The van der Waals surface area contributed by atoms with Gasteiger partial charge < -0.3 is 10.6 Å². The fourth-order valence-corrected chi connectivity index (χ4v) is 2.91. The first kappa shape index (κ1) is 14.4. The van der Waals surface area contributed by atoms with Gasteiger partial charge >= 0.3 is 6.03 Å². The maximum atomic E-state index is 12.0. The lowest BCUT2D eigenvalue weighted by molar-refractivity contribution is 0.202. The van der Waals surface area contributed by atoms with Crippen LogP contribution in [-0.2, 0) is 0 Å². The smallest absolute Gasteiger partial charge is 0.319 e. The Kier molecular flexibility index (Phi) is 4.62. The molecule has 1 aromatic rings. The second kappa shape index (κ2) is 6.42. The standard InChI is InChI=1S/C16H21N3O/c1-11-4-3-5-12(2)15(11)19-16(20)18-14-8-6-13(10-17)7-9-14/h6-9,11-12,15H,3-5H2,1-2H3,(H2,18,19,20). The van der Waals surface area contributed by atoms with Crippen LogP contribution in [0.15, 0.2) is 24.3 Å². The van der Waals surface area contributed by atoms with Crippen molar-refractivity contribution < 1.29 is 4.79 Å². The number of anilines is 1. The summed E-state index contributed by atoms with van der Waals surface area (Å²) in [7, 11) is 0. The zero-order valence-electron chi connectivity index (χ0n) is 12.0. The van der Waals surface area contributed by atoms with Crippen molar-refractivity contribution in [3.63, 3.8) is 0 Å². The van der Waals surface area contributed by atoms with Crippen LogP contribution in [0.4, 0.5) is 10.5 Å². The first-order valence-electron chi connectivity index (χ1n) is 7.18. The molecule has 0 aromatic heterocycles. The molecule has 2 rings (SSSR count). The van der Waals surface area contributed by atoms with Gasteiger partial charge in [0, 0.05) is 11.7 Å². The second-order valence-electron chi connectivity index (χ2n) is 5.70. The molecule has 0 bridgehead atoms. The highest BCUT2D eigenvalue weighted by Crippen LogP contribution is 2.28. The van der Waals surface area contributed by atoms with Gasteiger partial charge in [-0.25, -0.2) is 4.79 Å². The molecule has 0 radical (unpaired) electrons. The molecule has 2 unspecified atom stereocenters. The van der Waals surface area contributed by atoms with E-state index in [0.29, 0.717) is 23.1 Å². The average molecular weight is 271 g/mol. The zero-order chi connectivity index (χ0) is 14.5. The van der Waals surface area contributed by atoms with Gasteiger partial charge in [0.25, 0.3) is 0 Å². The number of nitriles is 1. The Labute approximate surface area is 120 Å². The Hall–Kier alpha value is -2.02. The van der Waals surface area contributed by atoms with Crippen LogP contribution >= 0.6 is 0 Å². The van der Waals surface area contributed by atoms with Gasteiger partial charge in [-0.2, -0.15) is 5.26 Å². The summed E-state index contributed by atoms with van der Waals surface area (Å²) in [6.45, 7) is 4.39. The lowest BCUT2D eigenvalue weighted by Gasteiger charge is -2.35. The number of hydrogen-bond acceptors (Lipinski definition) is 2. The van der Waals surface area contributed by atoms with Crippen LogP contribution in [0.1, 0.15) is 38.7 Å². The summed E-state index contributed by atoms with van der Waals surface area (Å²) in [4.78, 5) is 12.0. The van der Waals surface area contributed by atoms with E-state index in [9.17, 15) is 4.79 Å².